The minimum Gasteiger partial charge on any atom is -0.550 e. The standard InChI is InChI=1S/C18H26O4/c1-18(2)12-14(8-9-22-18)15(11-17(19)20)10-13-6-4-5-7-16(13)21-3/h4-7,14-15H,8-12H2,1-3H3,(H,19,20)/p-1/t14-,15-/m1/s1. The molecule has 0 amide bonds. The van der Waals surface area contributed by atoms with Crippen molar-refractivity contribution < 1.29 is 19.4 Å². The molecule has 0 aliphatic carbocycles. The van der Waals surface area contributed by atoms with E-state index in [0.29, 0.717) is 18.9 Å². The summed E-state index contributed by atoms with van der Waals surface area (Å²) >= 11 is 0. The molecule has 1 fully saturated rings. The smallest absolute Gasteiger partial charge is 0.122 e. The zero-order chi connectivity index (χ0) is 16.2. The molecule has 122 valence electrons. The Morgan fingerprint density at radius 1 is 1.45 bits per heavy atom. The molecule has 4 nitrogen and oxygen atoms in total. The van der Waals surface area contributed by atoms with Gasteiger partial charge >= 0.3 is 0 Å². The Labute approximate surface area is 132 Å². The Balaban J connectivity index is 2.17. The quantitative estimate of drug-likeness (QED) is 0.808. The summed E-state index contributed by atoms with van der Waals surface area (Å²) in [6, 6.07) is 7.81. The van der Waals surface area contributed by atoms with E-state index in [4.69, 9.17) is 9.47 Å². The van der Waals surface area contributed by atoms with E-state index in [0.717, 1.165) is 24.2 Å². The van der Waals surface area contributed by atoms with Gasteiger partial charge in [0.05, 0.1) is 12.7 Å². The maximum atomic E-state index is 11.2. The van der Waals surface area contributed by atoms with Crippen molar-refractivity contribution >= 4 is 5.97 Å². The third kappa shape index (κ3) is 4.47. The summed E-state index contributed by atoms with van der Waals surface area (Å²) in [6.45, 7) is 4.82. The lowest BCUT2D eigenvalue weighted by molar-refractivity contribution is -0.307. The molecule has 0 saturated carbocycles. The van der Waals surface area contributed by atoms with Gasteiger partial charge in [-0.05, 0) is 63.0 Å². The molecule has 22 heavy (non-hydrogen) atoms. The molecule has 1 aromatic carbocycles. The van der Waals surface area contributed by atoms with E-state index in [1.807, 2.05) is 24.3 Å². The van der Waals surface area contributed by atoms with Crippen molar-refractivity contribution in [3.63, 3.8) is 0 Å². The summed E-state index contributed by atoms with van der Waals surface area (Å²) < 4.78 is 11.1. The highest BCUT2D eigenvalue weighted by molar-refractivity contribution is 5.64. The highest BCUT2D eigenvalue weighted by atomic mass is 16.5. The predicted octanol–water partition coefficient (Wildman–Crippen LogP) is 2.20. The van der Waals surface area contributed by atoms with Crippen molar-refractivity contribution in [3.8, 4) is 5.75 Å². The lowest BCUT2D eigenvalue weighted by Crippen LogP contribution is -2.39. The summed E-state index contributed by atoms with van der Waals surface area (Å²) in [4.78, 5) is 11.2. The second-order valence-corrected chi connectivity index (χ2v) is 6.71. The van der Waals surface area contributed by atoms with Crippen LogP contribution in [0.5, 0.6) is 5.75 Å². The predicted molar refractivity (Wildman–Crippen MR) is 82.6 cm³/mol. The fourth-order valence-electron chi connectivity index (χ4n) is 3.46. The fraction of sp³-hybridized carbons (Fsp3) is 0.611. The van der Waals surface area contributed by atoms with Gasteiger partial charge in [-0.15, -0.1) is 0 Å². The SMILES string of the molecule is COc1ccccc1C[C@H](CC(=O)[O-])[C@@H]1CCOC(C)(C)C1. The molecule has 1 aliphatic rings. The highest BCUT2D eigenvalue weighted by Gasteiger charge is 2.33. The lowest BCUT2D eigenvalue weighted by Gasteiger charge is -2.39. The van der Waals surface area contributed by atoms with Gasteiger partial charge in [0.25, 0.3) is 0 Å². The van der Waals surface area contributed by atoms with Crippen LogP contribution in [0.2, 0.25) is 0 Å². The van der Waals surface area contributed by atoms with Gasteiger partial charge in [-0.1, -0.05) is 18.2 Å². The Bertz CT molecular complexity index is 510. The first-order valence-corrected chi connectivity index (χ1v) is 7.87. The van der Waals surface area contributed by atoms with Crippen LogP contribution in [0, 0.1) is 11.8 Å². The Morgan fingerprint density at radius 3 is 2.82 bits per heavy atom. The largest absolute Gasteiger partial charge is 0.550 e. The molecular weight excluding hydrogens is 280 g/mol. The van der Waals surface area contributed by atoms with Crippen molar-refractivity contribution in [2.24, 2.45) is 11.8 Å². The molecule has 0 spiro atoms. The topological polar surface area (TPSA) is 58.6 Å². The van der Waals surface area contributed by atoms with Gasteiger partial charge in [0.15, 0.2) is 0 Å². The number of hydrogen-bond donors (Lipinski definition) is 0. The third-order valence-corrected chi connectivity index (χ3v) is 4.51. The van der Waals surface area contributed by atoms with Crippen LogP contribution in [-0.4, -0.2) is 25.3 Å². The molecule has 0 bridgehead atoms. The monoisotopic (exact) mass is 305 g/mol. The van der Waals surface area contributed by atoms with Crippen LogP contribution in [0.1, 0.15) is 38.7 Å². The first-order chi connectivity index (χ1) is 10.4. The van der Waals surface area contributed by atoms with Crippen molar-refractivity contribution in [2.75, 3.05) is 13.7 Å². The molecule has 0 N–H and O–H groups in total. The number of carboxylic acid groups (broad SMARTS) is 1. The first kappa shape index (κ1) is 16.8. The molecule has 2 atom stereocenters. The number of rotatable bonds is 6. The summed E-state index contributed by atoms with van der Waals surface area (Å²) in [7, 11) is 1.64. The van der Waals surface area contributed by atoms with E-state index in [2.05, 4.69) is 13.8 Å². The van der Waals surface area contributed by atoms with Gasteiger partial charge in [0.2, 0.25) is 0 Å². The van der Waals surface area contributed by atoms with Crippen molar-refractivity contribution in [1.82, 2.24) is 0 Å². The number of para-hydroxylation sites is 1. The Hall–Kier alpha value is -1.55. The van der Waals surface area contributed by atoms with E-state index in [-0.39, 0.29) is 17.9 Å². The van der Waals surface area contributed by atoms with Crippen molar-refractivity contribution in [1.29, 1.82) is 0 Å². The van der Waals surface area contributed by atoms with Crippen LogP contribution >= 0.6 is 0 Å². The van der Waals surface area contributed by atoms with E-state index >= 15 is 0 Å². The van der Waals surface area contributed by atoms with Gasteiger partial charge in [-0.2, -0.15) is 0 Å². The van der Waals surface area contributed by atoms with Crippen molar-refractivity contribution in [2.45, 2.75) is 45.1 Å². The van der Waals surface area contributed by atoms with E-state index in [1.165, 1.54) is 0 Å². The van der Waals surface area contributed by atoms with Crippen molar-refractivity contribution in [3.05, 3.63) is 29.8 Å². The summed E-state index contributed by atoms with van der Waals surface area (Å²) in [5.74, 6) is 0.206. The number of ether oxygens (including phenoxy) is 2. The summed E-state index contributed by atoms with van der Waals surface area (Å²) in [5.41, 5.74) is 0.869. The lowest BCUT2D eigenvalue weighted by atomic mass is 9.75. The summed E-state index contributed by atoms with van der Waals surface area (Å²) in [5, 5.41) is 11.2. The van der Waals surface area contributed by atoms with E-state index < -0.39 is 5.97 Å². The number of carbonyl (C=O) groups excluding carboxylic acids is 1. The van der Waals surface area contributed by atoms with Gasteiger partial charge < -0.3 is 19.4 Å². The number of benzene rings is 1. The van der Waals surface area contributed by atoms with Gasteiger partial charge in [0, 0.05) is 12.6 Å². The maximum Gasteiger partial charge on any atom is 0.122 e. The third-order valence-electron chi connectivity index (χ3n) is 4.51. The molecule has 1 heterocycles. The Kier molecular flexibility index (Phi) is 5.46. The van der Waals surface area contributed by atoms with E-state index in [9.17, 15) is 9.90 Å². The van der Waals surface area contributed by atoms with Crippen LogP contribution in [0.15, 0.2) is 24.3 Å². The molecule has 4 heteroatoms. The molecule has 1 aromatic rings. The zero-order valence-corrected chi connectivity index (χ0v) is 13.6. The minimum atomic E-state index is -0.982. The molecule has 0 radical (unpaired) electrons. The zero-order valence-electron chi connectivity index (χ0n) is 13.6. The number of carbonyl (C=O) groups is 1. The number of hydrogen-bond acceptors (Lipinski definition) is 4. The van der Waals surface area contributed by atoms with Gasteiger partial charge in [-0.3, -0.25) is 0 Å². The highest BCUT2D eigenvalue weighted by Crippen LogP contribution is 2.37. The normalized spacial score (nSPS) is 22.0. The molecule has 1 aliphatic heterocycles. The average Bonchev–Trinajstić information content (AvgIpc) is 2.45. The first-order valence-electron chi connectivity index (χ1n) is 7.87. The van der Waals surface area contributed by atoms with Crippen LogP contribution in [0.4, 0.5) is 0 Å². The number of carboxylic acids is 1. The second kappa shape index (κ2) is 7.14. The fourth-order valence-corrected chi connectivity index (χ4v) is 3.46. The second-order valence-electron chi connectivity index (χ2n) is 6.71. The van der Waals surface area contributed by atoms with Crippen LogP contribution in [0.25, 0.3) is 0 Å². The van der Waals surface area contributed by atoms with Crippen LogP contribution in [-0.2, 0) is 16.0 Å². The van der Waals surface area contributed by atoms with Gasteiger partial charge in [0.1, 0.15) is 5.75 Å². The Morgan fingerprint density at radius 2 is 2.18 bits per heavy atom. The molecule has 2 rings (SSSR count). The maximum absolute atomic E-state index is 11.2. The van der Waals surface area contributed by atoms with Crippen LogP contribution < -0.4 is 9.84 Å². The number of methoxy groups -OCH3 is 1. The minimum absolute atomic E-state index is 0.0458. The van der Waals surface area contributed by atoms with Crippen LogP contribution in [0.3, 0.4) is 0 Å². The number of aliphatic carboxylic acids is 1. The molecule has 0 unspecified atom stereocenters. The summed E-state index contributed by atoms with van der Waals surface area (Å²) in [6.07, 6.45) is 2.55. The average molecular weight is 305 g/mol. The molecule has 0 aromatic heterocycles. The van der Waals surface area contributed by atoms with E-state index in [1.54, 1.807) is 7.11 Å². The molecule has 1 saturated heterocycles. The van der Waals surface area contributed by atoms with Gasteiger partial charge in [-0.25, -0.2) is 0 Å². The molecular formula is C18H25O4-.